The van der Waals surface area contributed by atoms with Gasteiger partial charge in [-0.25, -0.2) is 4.79 Å². The predicted octanol–water partition coefficient (Wildman–Crippen LogP) is 2.01. The molecule has 0 aromatic carbocycles. The maximum absolute atomic E-state index is 12.2. The first-order chi connectivity index (χ1) is 9.41. The van der Waals surface area contributed by atoms with E-state index in [4.69, 9.17) is 9.47 Å². The molecular weight excluding hydrogens is 256 g/mol. The largest absolute Gasteiger partial charge is 0.379 e. The van der Waals surface area contributed by atoms with Crippen molar-refractivity contribution in [2.75, 3.05) is 26.7 Å². The van der Waals surface area contributed by atoms with Crippen LogP contribution >= 0.6 is 0 Å². The first kappa shape index (κ1) is 15.6. The van der Waals surface area contributed by atoms with Gasteiger partial charge in [0.2, 0.25) is 0 Å². The maximum Gasteiger partial charge on any atom is 0.317 e. The topological polar surface area (TPSA) is 50.8 Å². The third-order valence-corrected chi connectivity index (χ3v) is 4.51. The molecule has 116 valence electrons. The van der Waals surface area contributed by atoms with Crippen molar-refractivity contribution in [3.63, 3.8) is 0 Å². The quantitative estimate of drug-likeness (QED) is 0.862. The molecule has 0 unspecified atom stereocenters. The number of carbonyl (C=O) groups is 1. The summed E-state index contributed by atoms with van der Waals surface area (Å²) in [5.74, 6) is 0.517. The van der Waals surface area contributed by atoms with E-state index in [0.29, 0.717) is 19.0 Å². The van der Waals surface area contributed by atoms with Crippen LogP contribution in [0.1, 0.15) is 40.0 Å². The highest BCUT2D eigenvalue weighted by Crippen LogP contribution is 2.28. The van der Waals surface area contributed by atoms with Gasteiger partial charge in [0, 0.05) is 26.7 Å². The molecule has 2 amide bonds. The number of nitrogens with zero attached hydrogens (tertiary/aromatic N) is 1. The van der Waals surface area contributed by atoms with Gasteiger partial charge in [0.1, 0.15) is 0 Å². The zero-order chi connectivity index (χ0) is 14.8. The Bertz CT molecular complexity index is 346. The van der Waals surface area contributed by atoms with E-state index in [0.717, 1.165) is 25.8 Å². The zero-order valence-electron chi connectivity index (χ0n) is 13.1. The first-order valence-electron chi connectivity index (χ1n) is 7.64. The van der Waals surface area contributed by atoms with Crippen LogP contribution in [0.25, 0.3) is 0 Å². The number of nitrogens with one attached hydrogen (secondary N) is 1. The third kappa shape index (κ3) is 3.85. The first-order valence-corrected chi connectivity index (χ1v) is 7.64. The molecule has 2 heterocycles. The number of rotatable bonds is 3. The van der Waals surface area contributed by atoms with E-state index in [-0.39, 0.29) is 23.8 Å². The van der Waals surface area contributed by atoms with E-state index >= 15 is 0 Å². The number of amides is 2. The van der Waals surface area contributed by atoms with Crippen molar-refractivity contribution in [1.82, 2.24) is 10.2 Å². The van der Waals surface area contributed by atoms with Gasteiger partial charge in [-0.15, -0.1) is 0 Å². The van der Waals surface area contributed by atoms with Gasteiger partial charge in [-0.1, -0.05) is 6.92 Å². The molecule has 3 atom stereocenters. The SMILES string of the molecule is CO[C@@H]1CN(C(=O)NC[C@H]2CCC(C)(C)O2)CC[C@@H]1C. The minimum Gasteiger partial charge on any atom is -0.379 e. The fourth-order valence-electron chi connectivity index (χ4n) is 3.06. The number of hydrogen-bond donors (Lipinski definition) is 1. The van der Waals surface area contributed by atoms with Crippen LogP contribution in [0.5, 0.6) is 0 Å². The van der Waals surface area contributed by atoms with Crippen LogP contribution in [0.15, 0.2) is 0 Å². The van der Waals surface area contributed by atoms with Crippen molar-refractivity contribution >= 4 is 6.03 Å². The van der Waals surface area contributed by atoms with Crippen LogP contribution < -0.4 is 5.32 Å². The molecular formula is C15H28N2O3. The molecule has 2 rings (SSSR count). The summed E-state index contributed by atoms with van der Waals surface area (Å²) >= 11 is 0. The van der Waals surface area contributed by atoms with Gasteiger partial charge in [0.05, 0.1) is 17.8 Å². The number of likely N-dealkylation sites (tertiary alicyclic amines) is 1. The molecule has 0 bridgehead atoms. The lowest BCUT2D eigenvalue weighted by Crippen LogP contribution is -2.51. The van der Waals surface area contributed by atoms with Crippen LogP contribution in [-0.4, -0.2) is 55.5 Å². The van der Waals surface area contributed by atoms with Crippen LogP contribution in [0.3, 0.4) is 0 Å². The Balaban J connectivity index is 1.75. The average Bonchev–Trinajstić information content (AvgIpc) is 2.76. The van der Waals surface area contributed by atoms with E-state index < -0.39 is 0 Å². The number of carbonyl (C=O) groups excluding carboxylic acids is 1. The number of ether oxygens (including phenoxy) is 2. The summed E-state index contributed by atoms with van der Waals surface area (Å²) in [7, 11) is 1.72. The van der Waals surface area contributed by atoms with Gasteiger partial charge in [0.25, 0.3) is 0 Å². The van der Waals surface area contributed by atoms with Crippen molar-refractivity contribution in [1.29, 1.82) is 0 Å². The van der Waals surface area contributed by atoms with Gasteiger partial charge < -0.3 is 19.7 Å². The third-order valence-electron chi connectivity index (χ3n) is 4.51. The molecule has 0 aromatic rings. The van der Waals surface area contributed by atoms with E-state index in [1.807, 2.05) is 4.90 Å². The monoisotopic (exact) mass is 284 g/mol. The highest BCUT2D eigenvalue weighted by atomic mass is 16.5. The van der Waals surface area contributed by atoms with Crippen molar-refractivity contribution in [2.24, 2.45) is 5.92 Å². The number of urea groups is 1. The minimum atomic E-state index is -0.0445. The molecule has 1 N–H and O–H groups in total. The minimum absolute atomic E-state index is 0.00672. The van der Waals surface area contributed by atoms with Crippen molar-refractivity contribution in [3.8, 4) is 0 Å². The molecule has 0 radical (unpaired) electrons. The summed E-state index contributed by atoms with van der Waals surface area (Å²) in [6, 6.07) is 0.00672. The smallest absolute Gasteiger partial charge is 0.317 e. The molecule has 2 aliphatic rings. The number of hydrogen-bond acceptors (Lipinski definition) is 3. The highest BCUT2D eigenvalue weighted by molar-refractivity contribution is 5.74. The summed E-state index contributed by atoms with van der Waals surface area (Å²) in [6.07, 6.45) is 3.37. The molecule has 5 heteroatoms. The molecule has 0 saturated carbocycles. The van der Waals surface area contributed by atoms with Crippen LogP contribution in [0, 0.1) is 5.92 Å². The fraction of sp³-hybridized carbons (Fsp3) is 0.933. The molecule has 2 aliphatic heterocycles. The molecule has 2 fully saturated rings. The Morgan fingerprint density at radius 2 is 2.20 bits per heavy atom. The lowest BCUT2D eigenvalue weighted by molar-refractivity contribution is -0.0151. The van der Waals surface area contributed by atoms with Gasteiger partial charge in [-0.2, -0.15) is 0 Å². The molecule has 0 aromatic heterocycles. The summed E-state index contributed by atoms with van der Waals surface area (Å²) in [5.41, 5.74) is -0.0445. The Morgan fingerprint density at radius 3 is 2.80 bits per heavy atom. The Morgan fingerprint density at radius 1 is 1.45 bits per heavy atom. The Kier molecular flexibility index (Phi) is 4.91. The zero-order valence-corrected chi connectivity index (χ0v) is 13.1. The molecule has 20 heavy (non-hydrogen) atoms. The van der Waals surface area contributed by atoms with E-state index in [1.54, 1.807) is 7.11 Å². The Labute approximate surface area is 122 Å². The summed E-state index contributed by atoms with van der Waals surface area (Å²) < 4.78 is 11.3. The van der Waals surface area contributed by atoms with E-state index in [9.17, 15) is 4.79 Å². The van der Waals surface area contributed by atoms with Crippen LogP contribution in [0.4, 0.5) is 4.79 Å². The van der Waals surface area contributed by atoms with E-state index in [1.165, 1.54) is 0 Å². The maximum atomic E-state index is 12.2. The van der Waals surface area contributed by atoms with Gasteiger partial charge in [-0.3, -0.25) is 0 Å². The second kappa shape index (κ2) is 6.31. The van der Waals surface area contributed by atoms with Gasteiger partial charge >= 0.3 is 6.03 Å². The molecule has 0 spiro atoms. The summed E-state index contributed by atoms with van der Waals surface area (Å²) in [4.78, 5) is 14.0. The van der Waals surface area contributed by atoms with Crippen LogP contribution in [-0.2, 0) is 9.47 Å². The second-order valence-electron chi connectivity index (χ2n) is 6.71. The van der Waals surface area contributed by atoms with Gasteiger partial charge in [0.15, 0.2) is 0 Å². The lowest BCUT2D eigenvalue weighted by atomic mass is 9.96. The van der Waals surface area contributed by atoms with Gasteiger partial charge in [-0.05, 0) is 39.0 Å². The summed E-state index contributed by atoms with van der Waals surface area (Å²) in [6.45, 7) is 8.47. The van der Waals surface area contributed by atoms with Crippen molar-refractivity contribution in [2.45, 2.75) is 57.8 Å². The van der Waals surface area contributed by atoms with E-state index in [2.05, 4.69) is 26.1 Å². The van der Waals surface area contributed by atoms with Crippen molar-refractivity contribution in [3.05, 3.63) is 0 Å². The van der Waals surface area contributed by atoms with Crippen molar-refractivity contribution < 1.29 is 14.3 Å². The molecule has 5 nitrogen and oxygen atoms in total. The second-order valence-corrected chi connectivity index (χ2v) is 6.71. The average molecular weight is 284 g/mol. The number of piperidine rings is 1. The molecule has 2 saturated heterocycles. The highest BCUT2D eigenvalue weighted by Gasteiger charge is 2.33. The standard InChI is InChI=1S/C15H28N2O3/c1-11-6-8-17(10-13(11)19-4)14(18)16-9-12-5-7-15(2,3)20-12/h11-13H,5-10H2,1-4H3,(H,16,18)/t11-,12+,13+/m0/s1. The lowest BCUT2D eigenvalue weighted by Gasteiger charge is -2.36. The fourth-order valence-corrected chi connectivity index (χ4v) is 3.06. The summed E-state index contributed by atoms with van der Waals surface area (Å²) in [5, 5.41) is 3.00. The normalized spacial score (nSPS) is 33.2. The Hall–Kier alpha value is -0.810. The molecule has 0 aliphatic carbocycles. The predicted molar refractivity (Wildman–Crippen MR) is 77.7 cm³/mol. The number of methoxy groups -OCH3 is 1. The van der Waals surface area contributed by atoms with Crippen LogP contribution in [0.2, 0.25) is 0 Å².